The molecule has 7 heteroatoms. The molecular formula is C10H18N4O2S. The molecule has 0 fully saturated rings. The van der Waals surface area contributed by atoms with Gasteiger partial charge in [0.1, 0.15) is 11.6 Å². The summed E-state index contributed by atoms with van der Waals surface area (Å²) in [6, 6.07) is 5.59. The Bertz CT molecular complexity index is 447. The van der Waals surface area contributed by atoms with E-state index in [1.165, 1.54) is 0 Å². The minimum Gasteiger partial charge on any atom is -0.370 e. The zero-order valence-electron chi connectivity index (χ0n) is 9.81. The fraction of sp³-hybridized carbons (Fsp3) is 0.500. The minimum atomic E-state index is -3.37. The molecule has 1 heterocycles. The van der Waals surface area contributed by atoms with Crippen molar-refractivity contribution >= 4 is 21.7 Å². The van der Waals surface area contributed by atoms with Crippen molar-refractivity contribution in [3.05, 3.63) is 18.2 Å². The van der Waals surface area contributed by atoms with Gasteiger partial charge in [-0.3, -0.25) is 0 Å². The first-order valence-corrected chi connectivity index (χ1v) is 7.18. The number of hydrogen-bond acceptors (Lipinski definition) is 5. The van der Waals surface area contributed by atoms with Gasteiger partial charge in [0, 0.05) is 13.1 Å². The Hall–Kier alpha value is -1.34. The summed E-state index contributed by atoms with van der Waals surface area (Å²) in [6.45, 7) is 3.33. The fourth-order valence-corrected chi connectivity index (χ4v) is 1.85. The molecule has 96 valence electrons. The second-order valence-corrected chi connectivity index (χ2v) is 5.32. The molecule has 0 spiro atoms. The van der Waals surface area contributed by atoms with E-state index in [2.05, 4.69) is 15.6 Å². The van der Waals surface area contributed by atoms with Gasteiger partial charge in [-0.2, -0.15) is 0 Å². The molecular weight excluding hydrogens is 240 g/mol. The summed E-state index contributed by atoms with van der Waals surface area (Å²) < 4.78 is 21.4. The summed E-state index contributed by atoms with van der Waals surface area (Å²) >= 11 is 0. The van der Waals surface area contributed by atoms with Crippen LogP contribution in [0.25, 0.3) is 0 Å². The number of primary sulfonamides is 1. The minimum absolute atomic E-state index is 0.0209. The lowest BCUT2D eigenvalue weighted by atomic mass is 10.4. The van der Waals surface area contributed by atoms with Crippen LogP contribution in [0.2, 0.25) is 0 Å². The average molecular weight is 258 g/mol. The van der Waals surface area contributed by atoms with Gasteiger partial charge in [-0.1, -0.05) is 6.07 Å². The quantitative estimate of drug-likeness (QED) is 0.622. The Balaban J connectivity index is 2.38. The summed E-state index contributed by atoms with van der Waals surface area (Å²) in [5.74, 6) is 1.49. The van der Waals surface area contributed by atoms with E-state index in [-0.39, 0.29) is 5.75 Å². The normalized spacial score (nSPS) is 11.2. The van der Waals surface area contributed by atoms with Crippen LogP contribution in [-0.2, 0) is 10.0 Å². The molecule has 6 nitrogen and oxygen atoms in total. The number of nitrogens with two attached hydrogens (primary N) is 1. The van der Waals surface area contributed by atoms with Gasteiger partial charge < -0.3 is 10.6 Å². The van der Waals surface area contributed by atoms with E-state index in [0.717, 1.165) is 18.2 Å². The van der Waals surface area contributed by atoms with Gasteiger partial charge >= 0.3 is 0 Å². The number of hydrogen-bond donors (Lipinski definition) is 3. The van der Waals surface area contributed by atoms with Gasteiger partial charge in [0.2, 0.25) is 10.0 Å². The lowest BCUT2D eigenvalue weighted by Crippen LogP contribution is -2.18. The van der Waals surface area contributed by atoms with Crippen LogP contribution in [0.5, 0.6) is 0 Å². The van der Waals surface area contributed by atoms with Gasteiger partial charge in [-0.25, -0.2) is 18.5 Å². The molecule has 0 amide bonds. The van der Waals surface area contributed by atoms with Crippen molar-refractivity contribution in [3.63, 3.8) is 0 Å². The molecule has 1 aromatic rings. The van der Waals surface area contributed by atoms with Crippen LogP contribution in [-0.4, -0.2) is 32.2 Å². The van der Waals surface area contributed by atoms with Crippen molar-refractivity contribution in [1.82, 2.24) is 4.98 Å². The predicted molar refractivity (Wildman–Crippen MR) is 69.5 cm³/mol. The van der Waals surface area contributed by atoms with E-state index in [1.54, 1.807) is 0 Å². The largest absolute Gasteiger partial charge is 0.370 e. The predicted octanol–water partition coefficient (Wildman–Crippen LogP) is 0.604. The third-order valence-electron chi connectivity index (χ3n) is 2.02. The SMILES string of the molecule is CCNc1cccc(NCCCS(N)(=O)=O)n1. The van der Waals surface area contributed by atoms with Gasteiger partial charge in [-0.05, 0) is 25.5 Å². The second kappa shape index (κ2) is 6.41. The molecule has 0 unspecified atom stereocenters. The molecule has 0 bridgehead atoms. The summed E-state index contributed by atoms with van der Waals surface area (Å²) in [5, 5.41) is 11.0. The molecule has 0 aliphatic heterocycles. The van der Waals surface area contributed by atoms with Gasteiger partial charge in [0.05, 0.1) is 5.75 Å². The Morgan fingerprint density at radius 2 is 1.94 bits per heavy atom. The maximum absolute atomic E-state index is 10.7. The first-order valence-electron chi connectivity index (χ1n) is 5.46. The number of nitrogens with one attached hydrogen (secondary N) is 2. The van der Waals surface area contributed by atoms with Gasteiger partial charge in [0.15, 0.2) is 0 Å². The lowest BCUT2D eigenvalue weighted by molar-refractivity contribution is 0.595. The van der Waals surface area contributed by atoms with Gasteiger partial charge in [0.25, 0.3) is 0 Å². The second-order valence-electron chi connectivity index (χ2n) is 3.59. The van der Waals surface area contributed by atoms with E-state index in [1.807, 2.05) is 25.1 Å². The van der Waals surface area contributed by atoms with E-state index in [9.17, 15) is 8.42 Å². The highest BCUT2D eigenvalue weighted by molar-refractivity contribution is 7.89. The molecule has 4 N–H and O–H groups in total. The molecule has 0 radical (unpaired) electrons. The summed E-state index contributed by atoms with van der Waals surface area (Å²) in [6.07, 6.45) is 0.464. The third-order valence-corrected chi connectivity index (χ3v) is 2.88. The van der Waals surface area contributed by atoms with Crippen molar-refractivity contribution < 1.29 is 8.42 Å². The standard InChI is InChI=1S/C10H18N4O2S/c1-2-12-9-5-3-6-10(14-9)13-7-4-8-17(11,15)16/h3,5-6H,2,4,7-8H2,1H3,(H2,11,15,16)(H2,12,13,14). The van der Waals surface area contributed by atoms with E-state index in [0.29, 0.717) is 13.0 Å². The van der Waals surface area contributed by atoms with Gasteiger partial charge in [-0.15, -0.1) is 0 Å². The summed E-state index contributed by atoms with van der Waals surface area (Å²) in [4.78, 5) is 4.29. The Labute approximate surface area is 102 Å². The van der Waals surface area contributed by atoms with Crippen molar-refractivity contribution in [2.24, 2.45) is 5.14 Å². The number of aromatic nitrogens is 1. The van der Waals surface area contributed by atoms with E-state index >= 15 is 0 Å². The van der Waals surface area contributed by atoms with Crippen molar-refractivity contribution in [1.29, 1.82) is 0 Å². The fourth-order valence-electron chi connectivity index (χ4n) is 1.30. The molecule has 0 aromatic carbocycles. The molecule has 1 aromatic heterocycles. The van der Waals surface area contributed by atoms with Crippen LogP contribution in [0.4, 0.5) is 11.6 Å². The van der Waals surface area contributed by atoms with Crippen molar-refractivity contribution in [2.45, 2.75) is 13.3 Å². The maximum Gasteiger partial charge on any atom is 0.209 e. The van der Waals surface area contributed by atoms with E-state index < -0.39 is 10.0 Å². The first-order chi connectivity index (χ1) is 8.01. The van der Waals surface area contributed by atoms with Crippen LogP contribution in [0.15, 0.2) is 18.2 Å². The van der Waals surface area contributed by atoms with Crippen LogP contribution < -0.4 is 15.8 Å². The van der Waals surface area contributed by atoms with Crippen LogP contribution in [0.3, 0.4) is 0 Å². The summed E-state index contributed by atoms with van der Waals surface area (Å²) in [7, 11) is -3.37. The molecule has 1 rings (SSSR count). The molecule has 0 atom stereocenters. The smallest absolute Gasteiger partial charge is 0.209 e. The highest BCUT2D eigenvalue weighted by Gasteiger charge is 2.02. The Morgan fingerprint density at radius 3 is 2.53 bits per heavy atom. The number of nitrogens with zero attached hydrogens (tertiary/aromatic N) is 1. The van der Waals surface area contributed by atoms with E-state index in [4.69, 9.17) is 5.14 Å². The molecule has 0 saturated heterocycles. The third kappa shape index (κ3) is 6.08. The average Bonchev–Trinajstić information content (AvgIpc) is 2.24. The molecule has 17 heavy (non-hydrogen) atoms. The monoisotopic (exact) mass is 258 g/mol. The molecule has 0 saturated carbocycles. The highest BCUT2D eigenvalue weighted by atomic mass is 32.2. The lowest BCUT2D eigenvalue weighted by Gasteiger charge is -2.07. The number of anilines is 2. The molecule has 0 aliphatic rings. The molecule has 0 aliphatic carbocycles. The zero-order chi connectivity index (χ0) is 12.7. The summed E-state index contributed by atoms with van der Waals surface area (Å²) in [5.41, 5.74) is 0. The Morgan fingerprint density at radius 1 is 1.29 bits per heavy atom. The van der Waals surface area contributed by atoms with Crippen LogP contribution in [0.1, 0.15) is 13.3 Å². The number of rotatable bonds is 7. The van der Waals surface area contributed by atoms with Crippen molar-refractivity contribution in [2.75, 3.05) is 29.5 Å². The van der Waals surface area contributed by atoms with Crippen LogP contribution >= 0.6 is 0 Å². The Kier molecular flexibility index (Phi) is 5.17. The first kappa shape index (κ1) is 13.7. The maximum atomic E-state index is 10.7. The zero-order valence-corrected chi connectivity index (χ0v) is 10.6. The van der Waals surface area contributed by atoms with Crippen molar-refractivity contribution in [3.8, 4) is 0 Å². The van der Waals surface area contributed by atoms with Crippen LogP contribution in [0, 0.1) is 0 Å². The number of sulfonamides is 1. The number of pyridine rings is 1. The topological polar surface area (TPSA) is 97.1 Å². The highest BCUT2D eigenvalue weighted by Crippen LogP contribution is 2.08.